The van der Waals surface area contributed by atoms with Crippen LogP contribution in [0.5, 0.6) is 0 Å². The molecule has 206 valence electrons. The van der Waals surface area contributed by atoms with Crippen molar-refractivity contribution < 1.29 is 22.8 Å². The molecule has 5 aromatic rings. The molecule has 4 N–H and O–H groups in total. The van der Waals surface area contributed by atoms with Gasteiger partial charge in [-0.2, -0.15) is 0 Å². The maximum atomic E-state index is 14.2. The molecule has 5 rings (SSSR count). The van der Waals surface area contributed by atoms with Crippen molar-refractivity contribution in [3.63, 3.8) is 0 Å². The zero-order valence-corrected chi connectivity index (χ0v) is 21.5. The predicted octanol–water partition coefficient (Wildman–Crippen LogP) is 4.75. The van der Waals surface area contributed by atoms with Crippen LogP contribution in [-0.4, -0.2) is 21.8 Å². The van der Waals surface area contributed by atoms with Crippen LogP contribution in [-0.2, 0) is 17.6 Å². The van der Waals surface area contributed by atoms with Crippen LogP contribution in [0.15, 0.2) is 89.9 Å². The number of hydrogen-bond donors (Lipinski definition) is 3. The third-order valence-electron chi connectivity index (χ3n) is 6.60. The Morgan fingerprint density at radius 3 is 2.44 bits per heavy atom. The molecule has 41 heavy (non-hydrogen) atoms. The molecule has 0 aliphatic carbocycles. The second-order valence-corrected chi connectivity index (χ2v) is 9.48. The lowest BCUT2D eigenvalue weighted by Crippen LogP contribution is -2.32. The molecule has 0 saturated heterocycles. The van der Waals surface area contributed by atoms with Gasteiger partial charge in [0.1, 0.15) is 17.5 Å². The summed E-state index contributed by atoms with van der Waals surface area (Å²) in [5.41, 5.74) is 7.10. The zero-order chi connectivity index (χ0) is 29.1. The molecule has 10 heteroatoms. The van der Waals surface area contributed by atoms with Crippen LogP contribution >= 0.6 is 0 Å². The average molecular weight is 557 g/mol. The summed E-state index contributed by atoms with van der Waals surface area (Å²) < 4.78 is 42.3. The molecule has 0 radical (unpaired) electrons. The molecule has 1 atom stereocenters. The van der Waals surface area contributed by atoms with E-state index in [2.05, 4.69) is 15.3 Å². The standard InChI is InChI=1S/C31H23F3N4O3/c32-20-10-17(11-21(33)16-20)12-27(38-29(40)15-19-14-28(39)37-26-6-2-1-4-22(19)26)30-23(5-3-9-36-30)18-7-8-25(34)24(13-18)31(35)41/h1-11,13-14,16,27H,12,15H2,(H2,35,41)(H,37,39)(H,38,40). The van der Waals surface area contributed by atoms with E-state index in [1.807, 2.05) is 0 Å². The number of primary amides is 1. The Morgan fingerprint density at radius 1 is 0.927 bits per heavy atom. The van der Waals surface area contributed by atoms with Crippen LogP contribution < -0.4 is 16.6 Å². The molecular formula is C31H23F3N4O3. The number of H-pyrrole nitrogens is 1. The van der Waals surface area contributed by atoms with E-state index in [9.17, 15) is 27.6 Å². The molecule has 0 saturated carbocycles. The summed E-state index contributed by atoms with van der Waals surface area (Å²) in [5, 5.41) is 3.58. The molecule has 2 amide bonds. The topological polar surface area (TPSA) is 118 Å². The van der Waals surface area contributed by atoms with Crippen LogP contribution in [0.3, 0.4) is 0 Å². The Balaban J connectivity index is 1.55. The van der Waals surface area contributed by atoms with Crippen LogP contribution in [0.25, 0.3) is 22.0 Å². The number of carbonyl (C=O) groups excluding carboxylic acids is 2. The van der Waals surface area contributed by atoms with Crippen LogP contribution in [0.1, 0.15) is 33.2 Å². The van der Waals surface area contributed by atoms with Gasteiger partial charge in [-0.3, -0.25) is 19.4 Å². The van der Waals surface area contributed by atoms with E-state index in [1.165, 1.54) is 24.4 Å². The Kier molecular flexibility index (Phi) is 7.64. The summed E-state index contributed by atoms with van der Waals surface area (Å²) in [5.74, 6) is -3.80. The highest BCUT2D eigenvalue weighted by Crippen LogP contribution is 2.30. The number of halogens is 3. The summed E-state index contributed by atoms with van der Waals surface area (Å²) in [6.45, 7) is 0. The Hall–Kier alpha value is -5.25. The van der Waals surface area contributed by atoms with Crippen LogP contribution in [0.2, 0.25) is 0 Å². The molecule has 0 aliphatic rings. The predicted molar refractivity (Wildman–Crippen MR) is 147 cm³/mol. The minimum atomic E-state index is -0.958. The maximum absolute atomic E-state index is 14.2. The lowest BCUT2D eigenvalue weighted by molar-refractivity contribution is -0.121. The van der Waals surface area contributed by atoms with E-state index in [-0.39, 0.29) is 29.5 Å². The fourth-order valence-electron chi connectivity index (χ4n) is 4.84. The summed E-state index contributed by atoms with van der Waals surface area (Å²) in [6, 6.07) is 17.6. The van der Waals surface area contributed by atoms with Crippen LogP contribution in [0.4, 0.5) is 13.2 Å². The van der Waals surface area contributed by atoms with Crippen molar-refractivity contribution in [3.8, 4) is 11.1 Å². The number of rotatable bonds is 8. The number of nitrogens with zero attached hydrogens (tertiary/aromatic N) is 1. The minimum Gasteiger partial charge on any atom is -0.366 e. The second-order valence-electron chi connectivity index (χ2n) is 9.48. The van der Waals surface area contributed by atoms with E-state index < -0.39 is 35.3 Å². The third-order valence-corrected chi connectivity index (χ3v) is 6.60. The zero-order valence-electron chi connectivity index (χ0n) is 21.5. The van der Waals surface area contributed by atoms with E-state index in [1.54, 1.807) is 36.4 Å². The van der Waals surface area contributed by atoms with Gasteiger partial charge >= 0.3 is 0 Å². The molecule has 1 unspecified atom stereocenters. The van der Waals surface area contributed by atoms with Crippen molar-refractivity contribution in [3.05, 3.63) is 135 Å². The Bertz CT molecular complexity index is 1830. The number of pyridine rings is 2. The first-order valence-electron chi connectivity index (χ1n) is 12.6. The van der Waals surface area contributed by atoms with Gasteiger partial charge in [0, 0.05) is 34.8 Å². The second kappa shape index (κ2) is 11.5. The minimum absolute atomic E-state index is 0.0512. The van der Waals surface area contributed by atoms with Gasteiger partial charge in [-0.1, -0.05) is 30.3 Å². The molecule has 0 bridgehead atoms. The highest BCUT2D eigenvalue weighted by molar-refractivity contribution is 5.94. The van der Waals surface area contributed by atoms with Gasteiger partial charge in [0.15, 0.2) is 0 Å². The maximum Gasteiger partial charge on any atom is 0.251 e. The number of fused-ring (bicyclic) bond motifs is 1. The number of para-hydroxylation sites is 1. The van der Waals surface area contributed by atoms with E-state index >= 15 is 0 Å². The highest BCUT2D eigenvalue weighted by atomic mass is 19.1. The van der Waals surface area contributed by atoms with Crippen molar-refractivity contribution >= 4 is 22.7 Å². The van der Waals surface area contributed by atoms with Crippen LogP contribution in [0, 0.1) is 17.5 Å². The average Bonchev–Trinajstić information content (AvgIpc) is 2.92. The van der Waals surface area contributed by atoms with E-state index in [0.29, 0.717) is 33.3 Å². The molecule has 3 aromatic carbocycles. The number of carbonyl (C=O) groups is 2. The van der Waals surface area contributed by atoms with Crippen molar-refractivity contribution in [1.29, 1.82) is 0 Å². The van der Waals surface area contributed by atoms with Gasteiger partial charge in [-0.25, -0.2) is 13.2 Å². The molecule has 7 nitrogen and oxygen atoms in total. The molecular weight excluding hydrogens is 533 g/mol. The van der Waals surface area contributed by atoms with Gasteiger partial charge in [-0.15, -0.1) is 0 Å². The fourth-order valence-corrected chi connectivity index (χ4v) is 4.84. The molecule has 2 aromatic heterocycles. The number of nitrogens with two attached hydrogens (primary N) is 1. The van der Waals surface area contributed by atoms with Crippen molar-refractivity contribution in [2.45, 2.75) is 18.9 Å². The summed E-state index contributed by atoms with van der Waals surface area (Å²) in [7, 11) is 0. The van der Waals surface area contributed by atoms with E-state index in [4.69, 9.17) is 5.73 Å². The summed E-state index contributed by atoms with van der Waals surface area (Å²) in [4.78, 5) is 44.6. The fraction of sp³-hybridized carbons (Fsp3) is 0.0968. The van der Waals surface area contributed by atoms with Crippen molar-refractivity contribution in [2.24, 2.45) is 5.73 Å². The van der Waals surface area contributed by atoms with Gasteiger partial charge in [0.2, 0.25) is 11.5 Å². The number of amides is 2. The Labute approximate surface area is 231 Å². The van der Waals surface area contributed by atoms with E-state index in [0.717, 1.165) is 24.3 Å². The lowest BCUT2D eigenvalue weighted by atomic mass is 9.94. The first kappa shape index (κ1) is 27.3. The monoisotopic (exact) mass is 556 g/mol. The lowest BCUT2D eigenvalue weighted by Gasteiger charge is -2.22. The van der Waals surface area contributed by atoms with Crippen molar-refractivity contribution in [1.82, 2.24) is 15.3 Å². The molecule has 0 aliphatic heterocycles. The smallest absolute Gasteiger partial charge is 0.251 e. The Morgan fingerprint density at radius 2 is 1.68 bits per heavy atom. The molecule has 0 spiro atoms. The third kappa shape index (κ3) is 6.17. The summed E-state index contributed by atoms with van der Waals surface area (Å²) >= 11 is 0. The first-order valence-corrected chi connectivity index (χ1v) is 12.6. The van der Waals surface area contributed by atoms with Gasteiger partial charge in [0.05, 0.1) is 23.7 Å². The number of aromatic nitrogens is 2. The number of aromatic amines is 1. The normalized spacial score (nSPS) is 11.8. The molecule has 0 fully saturated rings. The highest BCUT2D eigenvalue weighted by Gasteiger charge is 2.23. The van der Waals surface area contributed by atoms with Crippen molar-refractivity contribution in [2.75, 3.05) is 0 Å². The van der Waals surface area contributed by atoms with Gasteiger partial charge in [-0.05, 0) is 59.5 Å². The quantitative estimate of drug-likeness (QED) is 0.256. The molecule has 2 heterocycles. The SMILES string of the molecule is NC(=O)c1cc(-c2cccnc2C(Cc2cc(F)cc(F)c2)NC(=O)Cc2cc(=O)[nH]c3ccccc23)ccc1F. The first-order chi connectivity index (χ1) is 19.7. The van der Waals surface area contributed by atoms with Gasteiger partial charge in [0.25, 0.3) is 5.91 Å². The number of nitrogens with one attached hydrogen (secondary N) is 2. The number of benzene rings is 3. The largest absolute Gasteiger partial charge is 0.366 e. The number of hydrogen-bond acceptors (Lipinski definition) is 4. The summed E-state index contributed by atoms with van der Waals surface area (Å²) in [6.07, 6.45) is 1.26. The van der Waals surface area contributed by atoms with Gasteiger partial charge < -0.3 is 16.0 Å².